The van der Waals surface area contributed by atoms with Crippen LogP contribution in [0.5, 0.6) is 0 Å². The molecule has 5 heteroatoms. The average Bonchev–Trinajstić information content (AvgIpc) is 2.83. The minimum atomic E-state index is -1.05. The van der Waals surface area contributed by atoms with Crippen LogP contribution < -0.4 is 0 Å². The van der Waals surface area contributed by atoms with E-state index in [1.807, 2.05) is 0 Å². The van der Waals surface area contributed by atoms with Crippen LogP contribution >= 0.6 is 0 Å². The smallest absolute Gasteiger partial charge is 0.308 e. The second-order valence-corrected chi connectivity index (χ2v) is 5.26. The standard InChI is InChI=1S/C13H20O5/c1-4-5-13(15)7-17-10-9(6-16-11(10)13)18-12(14)8(2)3/h4,8-11,15H,1,5-7H2,2-3H3/t9-,10-,11+,13+/m1/s1. The molecule has 2 rings (SSSR count). The van der Waals surface area contributed by atoms with Crippen molar-refractivity contribution in [3.63, 3.8) is 0 Å². The van der Waals surface area contributed by atoms with Gasteiger partial charge in [-0.3, -0.25) is 4.79 Å². The van der Waals surface area contributed by atoms with Crippen molar-refractivity contribution in [2.45, 2.75) is 44.2 Å². The van der Waals surface area contributed by atoms with Crippen LogP contribution in [0, 0.1) is 5.92 Å². The lowest BCUT2D eigenvalue weighted by atomic mass is 9.92. The van der Waals surface area contributed by atoms with Crippen LogP contribution in [0.15, 0.2) is 12.7 Å². The third-order valence-corrected chi connectivity index (χ3v) is 3.40. The summed E-state index contributed by atoms with van der Waals surface area (Å²) in [4.78, 5) is 11.6. The lowest BCUT2D eigenvalue weighted by molar-refractivity contribution is -0.157. The fourth-order valence-corrected chi connectivity index (χ4v) is 2.37. The van der Waals surface area contributed by atoms with E-state index in [-0.39, 0.29) is 31.2 Å². The molecule has 2 saturated heterocycles. The van der Waals surface area contributed by atoms with Gasteiger partial charge in [-0.15, -0.1) is 6.58 Å². The van der Waals surface area contributed by atoms with Crippen LogP contribution in [0.4, 0.5) is 0 Å². The summed E-state index contributed by atoms with van der Waals surface area (Å²) in [5, 5.41) is 10.4. The van der Waals surface area contributed by atoms with Crippen molar-refractivity contribution in [1.29, 1.82) is 0 Å². The van der Waals surface area contributed by atoms with Crippen molar-refractivity contribution >= 4 is 5.97 Å². The molecule has 2 fully saturated rings. The van der Waals surface area contributed by atoms with E-state index in [4.69, 9.17) is 14.2 Å². The molecule has 1 N–H and O–H groups in total. The first-order valence-corrected chi connectivity index (χ1v) is 6.25. The van der Waals surface area contributed by atoms with E-state index in [1.165, 1.54) is 0 Å². The number of hydrogen-bond donors (Lipinski definition) is 1. The Morgan fingerprint density at radius 1 is 1.61 bits per heavy atom. The van der Waals surface area contributed by atoms with Gasteiger partial charge in [0.05, 0.1) is 19.1 Å². The fourth-order valence-electron chi connectivity index (χ4n) is 2.37. The van der Waals surface area contributed by atoms with E-state index < -0.39 is 17.8 Å². The molecule has 2 heterocycles. The SMILES string of the molecule is C=CC[C@]1(O)CO[C@@H]2[C@H](OC(=O)C(C)C)CO[C@@H]21. The Morgan fingerprint density at radius 2 is 2.33 bits per heavy atom. The Morgan fingerprint density at radius 3 is 2.94 bits per heavy atom. The molecule has 4 atom stereocenters. The minimum absolute atomic E-state index is 0.183. The molecule has 0 aromatic heterocycles. The molecule has 0 unspecified atom stereocenters. The molecule has 0 spiro atoms. The molecular weight excluding hydrogens is 236 g/mol. The predicted octanol–water partition coefficient (Wildman–Crippen LogP) is 0.659. The van der Waals surface area contributed by atoms with Crippen molar-refractivity contribution < 1.29 is 24.1 Å². The number of carbonyl (C=O) groups is 1. The van der Waals surface area contributed by atoms with E-state index in [0.717, 1.165) is 0 Å². The number of esters is 1. The van der Waals surface area contributed by atoms with Gasteiger partial charge in [-0.2, -0.15) is 0 Å². The molecule has 0 aromatic carbocycles. The number of rotatable bonds is 4. The van der Waals surface area contributed by atoms with Crippen LogP contribution in [0.2, 0.25) is 0 Å². The summed E-state index contributed by atoms with van der Waals surface area (Å²) in [6.07, 6.45) is 0.795. The largest absolute Gasteiger partial charge is 0.457 e. The first-order chi connectivity index (χ1) is 8.48. The van der Waals surface area contributed by atoms with Gasteiger partial charge in [0.1, 0.15) is 17.8 Å². The third-order valence-electron chi connectivity index (χ3n) is 3.40. The van der Waals surface area contributed by atoms with Gasteiger partial charge in [-0.05, 0) is 6.42 Å². The van der Waals surface area contributed by atoms with Crippen LogP contribution in [0.1, 0.15) is 20.3 Å². The third kappa shape index (κ3) is 2.30. The highest BCUT2D eigenvalue weighted by Gasteiger charge is 2.56. The molecular formula is C13H20O5. The van der Waals surface area contributed by atoms with Crippen molar-refractivity contribution in [2.75, 3.05) is 13.2 Å². The van der Waals surface area contributed by atoms with Crippen molar-refractivity contribution in [1.82, 2.24) is 0 Å². The number of ether oxygens (including phenoxy) is 3. The molecule has 0 amide bonds. The topological polar surface area (TPSA) is 65.0 Å². The number of hydrogen-bond acceptors (Lipinski definition) is 5. The van der Waals surface area contributed by atoms with Crippen LogP contribution in [0.25, 0.3) is 0 Å². The molecule has 0 aliphatic carbocycles. The summed E-state index contributed by atoms with van der Waals surface area (Å²) in [6, 6.07) is 0. The summed E-state index contributed by atoms with van der Waals surface area (Å²) in [5.41, 5.74) is -1.05. The normalized spacial score (nSPS) is 38.8. The predicted molar refractivity (Wildman–Crippen MR) is 64.0 cm³/mol. The van der Waals surface area contributed by atoms with E-state index in [2.05, 4.69) is 6.58 Å². The molecule has 2 aliphatic heterocycles. The molecule has 0 saturated carbocycles. The Labute approximate surface area is 107 Å². The van der Waals surface area contributed by atoms with Crippen LogP contribution in [0.3, 0.4) is 0 Å². The highest BCUT2D eigenvalue weighted by Crippen LogP contribution is 2.37. The quantitative estimate of drug-likeness (QED) is 0.591. The molecule has 18 heavy (non-hydrogen) atoms. The maximum atomic E-state index is 11.6. The Balaban J connectivity index is 2.00. The minimum Gasteiger partial charge on any atom is -0.457 e. The van der Waals surface area contributed by atoms with E-state index in [1.54, 1.807) is 19.9 Å². The van der Waals surface area contributed by atoms with Gasteiger partial charge in [0.2, 0.25) is 0 Å². The Hall–Kier alpha value is -0.910. The second-order valence-electron chi connectivity index (χ2n) is 5.26. The van der Waals surface area contributed by atoms with Crippen molar-refractivity contribution in [3.05, 3.63) is 12.7 Å². The van der Waals surface area contributed by atoms with Gasteiger partial charge in [0.25, 0.3) is 0 Å². The van der Waals surface area contributed by atoms with Gasteiger partial charge < -0.3 is 19.3 Å². The highest BCUT2D eigenvalue weighted by atomic mass is 16.6. The molecule has 102 valence electrons. The zero-order valence-electron chi connectivity index (χ0n) is 10.8. The molecule has 2 aliphatic rings. The highest BCUT2D eigenvalue weighted by molar-refractivity contribution is 5.71. The monoisotopic (exact) mass is 256 g/mol. The van der Waals surface area contributed by atoms with Gasteiger partial charge in [-0.1, -0.05) is 19.9 Å². The van der Waals surface area contributed by atoms with E-state index in [9.17, 15) is 9.90 Å². The second kappa shape index (κ2) is 4.99. The number of aliphatic hydroxyl groups is 1. The van der Waals surface area contributed by atoms with E-state index in [0.29, 0.717) is 6.42 Å². The van der Waals surface area contributed by atoms with Crippen LogP contribution in [-0.2, 0) is 19.0 Å². The zero-order chi connectivity index (χ0) is 13.3. The molecule has 5 nitrogen and oxygen atoms in total. The molecule has 0 bridgehead atoms. The zero-order valence-corrected chi connectivity index (χ0v) is 10.8. The summed E-state index contributed by atoms with van der Waals surface area (Å²) in [5.74, 6) is -0.454. The lowest BCUT2D eigenvalue weighted by Gasteiger charge is -2.24. The van der Waals surface area contributed by atoms with Crippen molar-refractivity contribution in [3.8, 4) is 0 Å². The van der Waals surface area contributed by atoms with Gasteiger partial charge in [-0.25, -0.2) is 0 Å². The first-order valence-electron chi connectivity index (χ1n) is 6.25. The maximum Gasteiger partial charge on any atom is 0.308 e. The van der Waals surface area contributed by atoms with E-state index >= 15 is 0 Å². The number of fused-ring (bicyclic) bond motifs is 1. The summed E-state index contributed by atoms with van der Waals surface area (Å²) in [6.45, 7) is 7.63. The average molecular weight is 256 g/mol. The lowest BCUT2D eigenvalue weighted by Crippen LogP contribution is -2.43. The summed E-state index contributed by atoms with van der Waals surface area (Å²) < 4.78 is 16.4. The first kappa shape index (κ1) is 13.5. The van der Waals surface area contributed by atoms with Crippen LogP contribution in [-0.4, -0.2) is 48.2 Å². The van der Waals surface area contributed by atoms with Gasteiger partial charge in [0.15, 0.2) is 6.10 Å². The summed E-state index contributed by atoms with van der Waals surface area (Å²) in [7, 11) is 0. The number of carbonyl (C=O) groups excluding carboxylic acids is 1. The fraction of sp³-hybridized carbons (Fsp3) is 0.769. The van der Waals surface area contributed by atoms with Gasteiger partial charge >= 0.3 is 5.97 Å². The van der Waals surface area contributed by atoms with Crippen molar-refractivity contribution in [2.24, 2.45) is 5.92 Å². The molecule has 0 aromatic rings. The Bertz CT molecular complexity index is 340. The summed E-state index contributed by atoms with van der Waals surface area (Å²) >= 11 is 0. The maximum absolute atomic E-state index is 11.6. The molecule has 0 radical (unpaired) electrons. The van der Waals surface area contributed by atoms with Gasteiger partial charge in [0, 0.05) is 0 Å². The Kier molecular flexibility index (Phi) is 3.75.